The van der Waals surface area contributed by atoms with Crippen molar-refractivity contribution < 1.29 is 13.6 Å². The van der Waals surface area contributed by atoms with Crippen molar-refractivity contribution in [3.8, 4) is 0 Å². The standard InChI is InChI=1S/C20H28F2N2O/c1-2-3-20(25)23-8-5-19(6-9-23)24-7-4-15(14-24)10-16-11-17(21)13-18(22)12-16/h11-13,15,19H,2-10,14H2,1H3. The van der Waals surface area contributed by atoms with Crippen LogP contribution < -0.4 is 0 Å². The topological polar surface area (TPSA) is 23.6 Å². The summed E-state index contributed by atoms with van der Waals surface area (Å²) in [6.45, 7) is 5.81. The van der Waals surface area contributed by atoms with Crippen LogP contribution in [0.5, 0.6) is 0 Å². The average molecular weight is 350 g/mol. The van der Waals surface area contributed by atoms with E-state index in [0.29, 0.717) is 18.4 Å². The molecule has 2 aliphatic rings. The van der Waals surface area contributed by atoms with E-state index in [1.165, 1.54) is 12.1 Å². The second kappa shape index (κ2) is 8.26. The minimum atomic E-state index is -0.492. The molecule has 3 rings (SSSR count). The molecule has 0 N–H and O–H groups in total. The van der Waals surface area contributed by atoms with Gasteiger partial charge < -0.3 is 4.90 Å². The van der Waals surface area contributed by atoms with E-state index < -0.39 is 11.6 Å². The van der Waals surface area contributed by atoms with E-state index in [1.54, 1.807) is 0 Å². The SMILES string of the molecule is CCCC(=O)N1CCC(N2CCC(Cc3cc(F)cc(F)c3)C2)CC1. The molecule has 1 unspecified atom stereocenters. The van der Waals surface area contributed by atoms with Crippen molar-refractivity contribution >= 4 is 5.91 Å². The summed E-state index contributed by atoms with van der Waals surface area (Å²) < 4.78 is 26.7. The number of carbonyl (C=O) groups excluding carboxylic acids is 1. The smallest absolute Gasteiger partial charge is 0.222 e. The molecule has 1 amide bonds. The molecule has 0 aliphatic carbocycles. The maximum Gasteiger partial charge on any atom is 0.222 e. The number of amides is 1. The van der Waals surface area contributed by atoms with E-state index in [0.717, 1.165) is 69.9 Å². The summed E-state index contributed by atoms with van der Waals surface area (Å²) in [6.07, 6.45) is 5.45. The summed E-state index contributed by atoms with van der Waals surface area (Å²) in [7, 11) is 0. The van der Waals surface area contributed by atoms with Crippen molar-refractivity contribution in [3.05, 3.63) is 35.4 Å². The van der Waals surface area contributed by atoms with Crippen molar-refractivity contribution in [1.82, 2.24) is 9.80 Å². The summed E-state index contributed by atoms with van der Waals surface area (Å²) in [5.74, 6) is -0.239. The molecule has 0 radical (unpaired) electrons. The van der Waals surface area contributed by atoms with E-state index in [1.807, 2.05) is 11.8 Å². The van der Waals surface area contributed by atoms with Gasteiger partial charge in [0.05, 0.1) is 0 Å². The molecule has 2 heterocycles. The number of hydrogen-bond donors (Lipinski definition) is 0. The molecule has 0 saturated carbocycles. The summed E-state index contributed by atoms with van der Waals surface area (Å²) in [5, 5.41) is 0. The molecule has 25 heavy (non-hydrogen) atoms. The lowest BCUT2D eigenvalue weighted by Crippen LogP contribution is -2.46. The molecule has 2 aliphatic heterocycles. The van der Waals surface area contributed by atoms with Crippen molar-refractivity contribution in [2.45, 2.75) is 51.5 Å². The van der Waals surface area contributed by atoms with Gasteiger partial charge in [-0.3, -0.25) is 9.69 Å². The molecule has 0 spiro atoms. The van der Waals surface area contributed by atoms with Crippen LogP contribution in [-0.4, -0.2) is 47.9 Å². The third-order valence-electron chi connectivity index (χ3n) is 5.56. The number of benzene rings is 1. The van der Waals surface area contributed by atoms with Gasteiger partial charge in [-0.25, -0.2) is 8.78 Å². The number of nitrogens with zero attached hydrogens (tertiary/aromatic N) is 2. The second-order valence-corrected chi connectivity index (χ2v) is 7.49. The highest BCUT2D eigenvalue weighted by molar-refractivity contribution is 5.76. The van der Waals surface area contributed by atoms with Gasteiger partial charge in [-0.15, -0.1) is 0 Å². The summed E-state index contributed by atoms with van der Waals surface area (Å²) >= 11 is 0. The van der Waals surface area contributed by atoms with Crippen LogP contribution in [0.3, 0.4) is 0 Å². The maximum atomic E-state index is 13.3. The molecule has 1 atom stereocenters. The Balaban J connectivity index is 1.48. The average Bonchev–Trinajstić information content (AvgIpc) is 3.02. The van der Waals surface area contributed by atoms with Gasteiger partial charge in [-0.1, -0.05) is 6.92 Å². The predicted octanol–water partition coefficient (Wildman–Crippen LogP) is 3.62. The highest BCUT2D eigenvalue weighted by atomic mass is 19.1. The zero-order valence-electron chi connectivity index (χ0n) is 15.0. The highest BCUT2D eigenvalue weighted by Gasteiger charge is 2.31. The first kappa shape index (κ1) is 18.3. The fourth-order valence-electron chi connectivity index (χ4n) is 4.28. The van der Waals surface area contributed by atoms with Crippen LogP contribution >= 0.6 is 0 Å². The van der Waals surface area contributed by atoms with E-state index in [2.05, 4.69) is 4.90 Å². The number of halogens is 2. The molecule has 0 aromatic heterocycles. The molecule has 5 heteroatoms. The molecule has 0 bridgehead atoms. The first-order valence-corrected chi connectivity index (χ1v) is 9.52. The van der Waals surface area contributed by atoms with Crippen LogP contribution in [0, 0.1) is 17.6 Å². The van der Waals surface area contributed by atoms with Gasteiger partial charge in [0.15, 0.2) is 0 Å². The van der Waals surface area contributed by atoms with Crippen molar-refractivity contribution in [2.24, 2.45) is 5.92 Å². The number of likely N-dealkylation sites (tertiary alicyclic amines) is 2. The van der Waals surface area contributed by atoms with Gasteiger partial charge >= 0.3 is 0 Å². The minimum absolute atomic E-state index is 0.286. The van der Waals surface area contributed by atoms with E-state index in [4.69, 9.17) is 0 Å². The van der Waals surface area contributed by atoms with Crippen molar-refractivity contribution in [2.75, 3.05) is 26.2 Å². The monoisotopic (exact) mass is 350 g/mol. The quantitative estimate of drug-likeness (QED) is 0.810. The summed E-state index contributed by atoms with van der Waals surface area (Å²) in [6, 6.07) is 4.37. The van der Waals surface area contributed by atoms with Crippen LogP contribution in [-0.2, 0) is 11.2 Å². The largest absolute Gasteiger partial charge is 0.343 e. The van der Waals surface area contributed by atoms with E-state index in [9.17, 15) is 13.6 Å². The molecule has 138 valence electrons. The Morgan fingerprint density at radius 3 is 2.40 bits per heavy atom. The van der Waals surface area contributed by atoms with Crippen molar-refractivity contribution in [3.63, 3.8) is 0 Å². The Morgan fingerprint density at radius 2 is 1.76 bits per heavy atom. The van der Waals surface area contributed by atoms with Gasteiger partial charge in [-0.05, 0) is 62.3 Å². The van der Waals surface area contributed by atoms with Crippen LogP contribution in [0.4, 0.5) is 8.78 Å². The summed E-state index contributed by atoms with van der Waals surface area (Å²) in [4.78, 5) is 16.5. The fraction of sp³-hybridized carbons (Fsp3) is 0.650. The normalized spacial score (nSPS) is 22.5. The molecule has 1 aromatic carbocycles. The number of carbonyl (C=O) groups is 1. The van der Waals surface area contributed by atoms with Gasteiger partial charge in [0.25, 0.3) is 0 Å². The molecular formula is C20H28F2N2O. The van der Waals surface area contributed by atoms with E-state index >= 15 is 0 Å². The Labute approximate surface area is 149 Å². The van der Waals surface area contributed by atoms with Gasteiger partial charge in [0.1, 0.15) is 11.6 Å². The number of hydrogen-bond acceptors (Lipinski definition) is 2. The number of rotatable bonds is 5. The van der Waals surface area contributed by atoms with Crippen LogP contribution in [0.15, 0.2) is 18.2 Å². The Morgan fingerprint density at radius 1 is 1.08 bits per heavy atom. The summed E-state index contributed by atoms with van der Waals surface area (Å²) in [5.41, 5.74) is 0.754. The maximum absolute atomic E-state index is 13.3. The zero-order chi connectivity index (χ0) is 17.8. The lowest BCUT2D eigenvalue weighted by Gasteiger charge is -2.37. The van der Waals surface area contributed by atoms with Crippen LogP contribution in [0.25, 0.3) is 0 Å². The van der Waals surface area contributed by atoms with Crippen LogP contribution in [0.2, 0.25) is 0 Å². The van der Waals surface area contributed by atoms with Crippen molar-refractivity contribution in [1.29, 1.82) is 0 Å². The Hall–Kier alpha value is -1.49. The molecule has 1 aromatic rings. The van der Waals surface area contributed by atoms with Crippen LogP contribution in [0.1, 0.15) is 44.6 Å². The molecular weight excluding hydrogens is 322 g/mol. The van der Waals surface area contributed by atoms with E-state index in [-0.39, 0.29) is 5.91 Å². The van der Waals surface area contributed by atoms with Gasteiger partial charge in [-0.2, -0.15) is 0 Å². The predicted molar refractivity (Wildman–Crippen MR) is 94.3 cm³/mol. The molecule has 2 fully saturated rings. The Bertz CT molecular complexity index is 579. The lowest BCUT2D eigenvalue weighted by atomic mass is 9.98. The first-order chi connectivity index (χ1) is 12.0. The molecule has 3 nitrogen and oxygen atoms in total. The fourth-order valence-corrected chi connectivity index (χ4v) is 4.28. The van der Waals surface area contributed by atoms with Gasteiger partial charge in [0.2, 0.25) is 5.91 Å². The minimum Gasteiger partial charge on any atom is -0.343 e. The van der Waals surface area contributed by atoms with Gasteiger partial charge in [0, 0.05) is 38.2 Å². The first-order valence-electron chi connectivity index (χ1n) is 9.52. The molecule has 2 saturated heterocycles. The Kier molecular flexibility index (Phi) is 6.05. The third kappa shape index (κ3) is 4.78. The highest BCUT2D eigenvalue weighted by Crippen LogP contribution is 2.27. The lowest BCUT2D eigenvalue weighted by molar-refractivity contribution is -0.132. The third-order valence-corrected chi connectivity index (χ3v) is 5.56. The number of piperidine rings is 1. The zero-order valence-corrected chi connectivity index (χ0v) is 15.0. The second-order valence-electron chi connectivity index (χ2n) is 7.49.